The van der Waals surface area contributed by atoms with Crippen LogP contribution in [0.4, 0.5) is 0 Å². The van der Waals surface area contributed by atoms with Crippen molar-refractivity contribution < 1.29 is 25.6 Å². The molecule has 0 amide bonds. The van der Waals surface area contributed by atoms with Crippen LogP contribution in [0.15, 0.2) is 164 Å². The molecule has 0 N–H and O–H groups in total. The van der Waals surface area contributed by atoms with Crippen molar-refractivity contribution in [2.24, 2.45) is 0 Å². The Morgan fingerprint density at radius 1 is 0.542 bits per heavy atom. The van der Waals surface area contributed by atoms with E-state index in [1.54, 1.807) is 8.70 Å². The van der Waals surface area contributed by atoms with Crippen LogP contribution in [-0.2, 0) is 21.1 Å². The van der Waals surface area contributed by atoms with E-state index in [0.29, 0.717) is 0 Å². The van der Waals surface area contributed by atoms with E-state index in [2.05, 4.69) is 160 Å². The van der Waals surface area contributed by atoms with Crippen molar-refractivity contribution in [3.63, 3.8) is 0 Å². The average molecular weight is 858 g/mol. The van der Waals surface area contributed by atoms with Crippen LogP contribution in [0.25, 0.3) is 61.2 Å². The zero-order valence-electron chi connectivity index (χ0n) is 25.6. The van der Waals surface area contributed by atoms with Crippen LogP contribution < -0.4 is 13.3 Å². The topological polar surface area (TPSA) is 26.6 Å². The van der Waals surface area contributed by atoms with Crippen molar-refractivity contribution in [3.05, 3.63) is 176 Å². The number of imidazole rings is 1. The Labute approximate surface area is 299 Å². The van der Waals surface area contributed by atoms with Gasteiger partial charge in [0.25, 0.3) is 6.33 Å². The molecule has 1 aliphatic heterocycles. The molecule has 48 heavy (non-hydrogen) atoms. The second kappa shape index (κ2) is 12.9. The molecule has 0 atom stereocenters. The van der Waals surface area contributed by atoms with Crippen LogP contribution in [0.1, 0.15) is 0 Å². The first-order chi connectivity index (χ1) is 23.3. The SMILES string of the molecule is [Pt+2].[c-]1c(-n2[c-][n+](-c3ccccc3)c3ccccc32)cccc1-n1c2ccccc2c2cccnc21.c1ccc2c(c1)[As]c1ccccc1-2. The summed E-state index contributed by atoms with van der Waals surface area (Å²) in [5, 5.41) is 2.32. The molecular weight excluding hydrogens is 830 g/mol. The number of hydrogen-bond donors (Lipinski definition) is 0. The van der Waals surface area contributed by atoms with Gasteiger partial charge in [-0.25, -0.2) is 4.98 Å². The number of aromatic nitrogens is 4. The van der Waals surface area contributed by atoms with Gasteiger partial charge >= 0.3 is 105 Å². The summed E-state index contributed by atoms with van der Waals surface area (Å²) in [5.74, 6) is 0. The predicted octanol–water partition coefficient (Wildman–Crippen LogP) is 7.32. The fourth-order valence-electron chi connectivity index (χ4n) is 6.48. The van der Waals surface area contributed by atoms with Crippen molar-refractivity contribution in [3.8, 4) is 28.2 Å². The van der Waals surface area contributed by atoms with Gasteiger partial charge in [-0.2, -0.15) is 18.2 Å². The quantitative estimate of drug-likeness (QED) is 0.104. The van der Waals surface area contributed by atoms with Gasteiger partial charge in [0.2, 0.25) is 0 Å². The number of nitrogens with zero attached hydrogens (tertiary/aromatic N) is 4. The fraction of sp³-hybridized carbons (Fsp3) is 0. The summed E-state index contributed by atoms with van der Waals surface area (Å²) in [6.07, 6.45) is 5.39. The zero-order chi connectivity index (χ0) is 31.2. The molecule has 10 rings (SSSR count). The number of rotatable bonds is 3. The Morgan fingerprint density at radius 2 is 1.17 bits per heavy atom. The van der Waals surface area contributed by atoms with Gasteiger partial charge in [0.05, 0.1) is 22.2 Å². The molecule has 6 heteroatoms. The molecule has 0 aliphatic carbocycles. The molecular formula is C42H27AsN4Pt+. The van der Waals surface area contributed by atoms with E-state index in [9.17, 15) is 0 Å². The van der Waals surface area contributed by atoms with Gasteiger partial charge in [-0.15, -0.1) is 6.07 Å². The number of fused-ring (bicyclic) bond motifs is 7. The molecule has 229 valence electrons. The summed E-state index contributed by atoms with van der Waals surface area (Å²) in [4.78, 5) is 4.72. The van der Waals surface area contributed by atoms with E-state index in [1.807, 2.05) is 30.5 Å². The number of pyridine rings is 1. The standard InChI is InChI=1S/C30H19N4.C12H8As.Pt/c1-2-10-22(11-3-1)32-21-33(29-18-7-6-17-28(29)32)23-12-8-13-24(20-23)34-27-16-5-4-14-25(27)26-15-9-19-31-30(26)34;1-3-7-11-9(5-1)10-6-2-4-8-12(10)13-11;/h1-19H;1-8H;/q-1;;+2. The third kappa shape index (κ3) is 5.23. The van der Waals surface area contributed by atoms with Crippen molar-refractivity contribution in [1.29, 1.82) is 0 Å². The molecule has 0 spiro atoms. The molecule has 0 fully saturated rings. The first-order valence-corrected chi connectivity index (χ1v) is 17.5. The molecule has 1 radical (unpaired) electrons. The van der Waals surface area contributed by atoms with Crippen LogP contribution in [0.2, 0.25) is 0 Å². The summed E-state index contributed by atoms with van der Waals surface area (Å²) in [7, 11) is 0. The van der Waals surface area contributed by atoms with Gasteiger partial charge in [0.15, 0.2) is 0 Å². The molecule has 1 aliphatic rings. The number of hydrogen-bond acceptors (Lipinski definition) is 1. The zero-order valence-corrected chi connectivity index (χ0v) is 29.8. The molecule has 0 saturated heterocycles. The Morgan fingerprint density at radius 3 is 1.96 bits per heavy atom. The molecule has 4 nitrogen and oxygen atoms in total. The van der Waals surface area contributed by atoms with E-state index in [-0.39, 0.29) is 36.8 Å². The Hall–Kier alpha value is -5.01. The number of para-hydroxylation sites is 4. The second-order valence-electron chi connectivity index (χ2n) is 11.4. The van der Waals surface area contributed by atoms with Crippen LogP contribution in [0.5, 0.6) is 0 Å². The molecule has 0 unspecified atom stereocenters. The average Bonchev–Trinajstić information content (AvgIpc) is 3.82. The van der Waals surface area contributed by atoms with E-state index in [0.717, 1.165) is 44.6 Å². The van der Waals surface area contributed by atoms with Crippen molar-refractivity contribution in [1.82, 2.24) is 14.1 Å². The monoisotopic (exact) mass is 857 g/mol. The van der Waals surface area contributed by atoms with E-state index in [4.69, 9.17) is 4.98 Å². The molecule has 0 bridgehead atoms. The first-order valence-electron chi connectivity index (χ1n) is 15.6. The van der Waals surface area contributed by atoms with Gasteiger partial charge < -0.3 is 9.13 Å². The first kappa shape index (κ1) is 30.3. The van der Waals surface area contributed by atoms with Gasteiger partial charge in [0, 0.05) is 17.0 Å². The maximum absolute atomic E-state index is 4.72. The van der Waals surface area contributed by atoms with Gasteiger partial charge in [-0.1, -0.05) is 66.4 Å². The molecule has 3 aromatic heterocycles. The van der Waals surface area contributed by atoms with E-state index in [1.165, 1.54) is 16.5 Å². The molecule has 4 heterocycles. The van der Waals surface area contributed by atoms with Gasteiger partial charge in [-0.3, -0.25) is 4.57 Å². The van der Waals surface area contributed by atoms with Crippen LogP contribution >= 0.6 is 0 Å². The van der Waals surface area contributed by atoms with Gasteiger partial charge in [-0.05, 0) is 36.0 Å². The normalized spacial score (nSPS) is 11.5. The summed E-state index contributed by atoms with van der Waals surface area (Å²) in [5.41, 5.74) is 10.1. The molecule has 9 aromatic rings. The Balaban J connectivity index is 0.000000201. The minimum absolute atomic E-state index is 0. The maximum atomic E-state index is 4.72. The van der Waals surface area contributed by atoms with E-state index < -0.39 is 0 Å². The molecule has 0 saturated carbocycles. The molecule has 6 aromatic carbocycles. The fourth-order valence-corrected chi connectivity index (χ4v) is 9.02. The van der Waals surface area contributed by atoms with Crippen molar-refractivity contribution >= 4 is 57.4 Å². The Kier molecular flexibility index (Phi) is 8.14. The summed E-state index contributed by atoms with van der Waals surface area (Å²) < 4.78 is 9.47. The Bertz CT molecular complexity index is 2470. The van der Waals surface area contributed by atoms with E-state index >= 15 is 0 Å². The second-order valence-corrected chi connectivity index (χ2v) is 13.9. The summed E-state index contributed by atoms with van der Waals surface area (Å²) in [6.45, 7) is 0. The number of benzene rings is 6. The minimum atomic E-state index is 0. The van der Waals surface area contributed by atoms with Crippen LogP contribution in [0.3, 0.4) is 0 Å². The summed E-state index contributed by atoms with van der Waals surface area (Å²) >= 11 is 0.251. The van der Waals surface area contributed by atoms with Crippen molar-refractivity contribution in [2.75, 3.05) is 0 Å². The van der Waals surface area contributed by atoms with Crippen LogP contribution in [-0.4, -0.2) is 29.9 Å². The third-order valence-corrected chi connectivity index (χ3v) is 11.2. The predicted molar refractivity (Wildman–Crippen MR) is 192 cm³/mol. The van der Waals surface area contributed by atoms with Crippen molar-refractivity contribution in [2.45, 2.75) is 0 Å². The van der Waals surface area contributed by atoms with Gasteiger partial charge in [0.1, 0.15) is 5.65 Å². The third-order valence-electron chi connectivity index (χ3n) is 8.60. The summed E-state index contributed by atoms with van der Waals surface area (Å²) in [6, 6.07) is 58.6. The van der Waals surface area contributed by atoms with Crippen LogP contribution in [0, 0.1) is 12.4 Å².